The number of carbonyl (C=O) groups is 2. The Morgan fingerprint density at radius 1 is 1.06 bits per heavy atom. The number of allylic oxidation sites excluding steroid dienone is 7. The number of hydrogen-bond donors (Lipinski definition) is 1. The summed E-state index contributed by atoms with van der Waals surface area (Å²) in [4.78, 5) is 25.6. The van der Waals surface area contributed by atoms with Gasteiger partial charge in [-0.15, -0.1) is 0 Å². The summed E-state index contributed by atoms with van der Waals surface area (Å²) in [6.07, 6.45) is 14.5. The van der Waals surface area contributed by atoms with Gasteiger partial charge in [0.15, 0.2) is 5.76 Å². The lowest BCUT2D eigenvalue weighted by Gasteiger charge is -2.71. The van der Waals surface area contributed by atoms with Crippen LogP contribution in [0.4, 0.5) is 0 Å². The first-order valence-corrected chi connectivity index (χ1v) is 13.5. The summed E-state index contributed by atoms with van der Waals surface area (Å²) in [6.45, 7) is 13.6. The van der Waals surface area contributed by atoms with Crippen LogP contribution in [0.15, 0.2) is 46.3 Å². The summed E-state index contributed by atoms with van der Waals surface area (Å²) in [5, 5.41) is 10.3. The Morgan fingerprint density at radius 3 is 2.40 bits per heavy atom. The molecule has 3 fully saturated rings. The van der Waals surface area contributed by atoms with Crippen LogP contribution in [0.2, 0.25) is 0 Å². The molecular formula is C31H42O4. The summed E-state index contributed by atoms with van der Waals surface area (Å²) in [6, 6.07) is 0. The fourth-order valence-electron chi connectivity index (χ4n) is 9.46. The standard InChI is InChI=1S/C31H42O4/c1-8-31-16-14-29(5)21-17-22(32)25(33)19(2)20(21)9-10-23(29)30(31,6)15-13-27(3)11-12-28(4,18-24(27)31)26(34)35-7/h9-10,17,24,33H,8,11-16,18H2,1-7H3/t24-,27-,28-,29+,30-,31+/m1/s1. The maximum absolute atomic E-state index is 12.9. The SMILES string of the molecule is CC[C@@]12CC[C@@]3(C)C4=CC(=O)C(O)=C(C)C4=CC=C3[C@@]1(C)CC[C@@]1(C)CC[C@@](C)(C(=O)OC)C[C@H]12. The minimum absolute atomic E-state index is 0.0175. The molecule has 4 nitrogen and oxygen atoms in total. The Morgan fingerprint density at radius 2 is 1.74 bits per heavy atom. The summed E-state index contributed by atoms with van der Waals surface area (Å²) in [5.41, 5.74) is 3.90. The van der Waals surface area contributed by atoms with E-state index in [1.807, 2.05) is 6.92 Å². The summed E-state index contributed by atoms with van der Waals surface area (Å²) >= 11 is 0. The molecule has 0 amide bonds. The Labute approximate surface area is 210 Å². The van der Waals surface area contributed by atoms with Crippen LogP contribution in [0.1, 0.15) is 92.9 Å². The van der Waals surface area contributed by atoms with Gasteiger partial charge < -0.3 is 9.84 Å². The van der Waals surface area contributed by atoms with E-state index in [4.69, 9.17) is 4.74 Å². The second-order valence-electron chi connectivity index (χ2n) is 13.2. The lowest BCUT2D eigenvalue weighted by Crippen LogP contribution is -2.63. The van der Waals surface area contributed by atoms with E-state index in [2.05, 4.69) is 46.8 Å². The van der Waals surface area contributed by atoms with Crippen LogP contribution in [-0.4, -0.2) is 24.0 Å². The van der Waals surface area contributed by atoms with Gasteiger partial charge in [0.05, 0.1) is 12.5 Å². The second-order valence-corrected chi connectivity index (χ2v) is 13.2. The van der Waals surface area contributed by atoms with Gasteiger partial charge in [-0.3, -0.25) is 9.59 Å². The molecule has 5 aliphatic carbocycles. The molecule has 3 saturated carbocycles. The number of rotatable bonds is 2. The highest BCUT2D eigenvalue weighted by atomic mass is 16.5. The molecule has 0 aliphatic heterocycles. The molecule has 0 aromatic carbocycles. The van der Waals surface area contributed by atoms with Crippen molar-refractivity contribution in [3.8, 4) is 0 Å². The van der Waals surface area contributed by atoms with Gasteiger partial charge >= 0.3 is 5.97 Å². The number of aliphatic hydroxyl groups is 1. The monoisotopic (exact) mass is 478 g/mol. The van der Waals surface area contributed by atoms with Gasteiger partial charge in [-0.2, -0.15) is 0 Å². The van der Waals surface area contributed by atoms with Gasteiger partial charge in [0.2, 0.25) is 5.78 Å². The summed E-state index contributed by atoms with van der Waals surface area (Å²) < 4.78 is 5.30. The maximum atomic E-state index is 12.9. The predicted molar refractivity (Wildman–Crippen MR) is 138 cm³/mol. The first-order valence-electron chi connectivity index (χ1n) is 13.5. The molecule has 4 heteroatoms. The topological polar surface area (TPSA) is 63.6 Å². The van der Waals surface area contributed by atoms with Crippen molar-refractivity contribution in [1.82, 2.24) is 0 Å². The van der Waals surface area contributed by atoms with Crippen molar-refractivity contribution in [2.75, 3.05) is 7.11 Å². The number of esters is 1. The van der Waals surface area contributed by atoms with Crippen LogP contribution in [0.5, 0.6) is 0 Å². The van der Waals surface area contributed by atoms with Gasteiger partial charge in [-0.1, -0.05) is 45.4 Å². The molecule has 6 atom stereocenters. The van der Waals surface area contributed by atoms with Gasteiger partial charge in [0.1, 0.15) is 0 Å². The highest BCUT2D eigenvalue weighted by molar-refractivity contribution is 6.06. The number of methoxy groups -OCH3 is 1. The second kappa shape index (κ2) is 7.46. The highest BCUT2D eigenvalue weighted by Crippen LogP contribution is 2.76. The third kappa shape index (κ3) is 2.92. The Balaban J connectivity index is 1.66. The van der Waals surface area contributed by atoms with Crippen molar-refractivity contribution in [2.45, 2.75) is 92.9 Å². The number of hydrogen-bond acceptors (Lipinski definition) is 4. The van der Waals surface area contributed by atoms with Crippen LogP contribution in [0.3, 0.4) is 0 Å². The predicted octanol–water partition coefficient (Wildman–Crippen LogP) is 7.18. The lowest BCUT2D eigenvalue weighted by atomic mass is 9.33. The molecule has 35 heavy (non-hydrogen) atoms. The minimum atomic E-state index is -0.425. The summed E-state index contributed by atoms with van der Waals surface area (Å²) in [7, 11) is 1.53. The molecule has 0 saturated heterocycles. The molecule has 0 bridgehead atoms. The Bertz CT molecular complexity index is 1140. The fraction of sp³-hybridized carbons (Fsp3) is 0.677. The fourth-order valence-corrected chi connectivity index (χ4v) is 9.46. The number of ketones is 1. The molecule has 5 aliphatic rings. The number of aliphatic hydroxyl groups excluding tert-OH is 1. The van der Waals surface area contributed by atoms with Crippen molar-refractivity contribution in [2.24, 2.45) is 33.0 Å². The van der Waals surface area contributed by atoms with E-state index >= 15 is 0 Å². The van der Waals surface area contributed by atoms with Crippen molar-refractivity contribution in [3.63, 3.8) is 0 Å². The van der Waals surface area contributed by atoms with E-state index in [9.17, 15) is 14.7 Å². The van der Waals surface area contributed by atoms with Crippen LogP contribution in [0.25, 0.3) is 0 Å². The van der Waals surface area contributed by atoms with Gasteiger partial charge in [-0.05, 0) is 105 Å². The molecule has 190 valence electrons. The van der Waals surface area contributed by atoms with Gasteiger partial charge in [0, 0.05) is 11.0 Å². The number of fused-ring (bicyclic) bond motifs is 7. The van der Waals surface area contributed by atoms with Gasteiger partial charge in [-0.25, -0.2) is 0 Å². The minimum Gasteiger partial charge on any atom is -0.504 e. The highest BCUT2D eigenvalue weighted by Gasteiger charge is 2.68. The zero-order valence-corrected chi connectivity index (χ0v) is 22.6. The van der Waals surface area contributed by atoms with E-state index < -0.39 is 5.41 Å². The van der Waals surface area contributed by atoms with E-state index in [-0.39, 0.29) is 39.2 Å². The van der Waals surface area contributed by atoms with Crippen LogP contribution in [-0.2, 0) is 14.3 Å². The van der Waals surface area contributed by atoms with Crippen molar-refractivity contribution in [3.05, 3.63) is 46.3 Å². The van der Waals surface area contributed by atoms with Crippen LogP contribution < -0.4 is 0 Å². The zero-order chi connectivity index (χ0) is 25.6. The third-order valence-corrected chi connectivity index (χ3v) is 11.8. The normalized spacial score (nSPS) is 44.7. The van der Waals surface area contributed by atoms with Crippen molar-refractivity contribution >= 4 is 11.8 Å². The largest absolute Gasteiger partial charge is 0.504 e. The molecule has 0 spiro atoms. The third-order valence-electron chi connectivity index (χ3n) is 11.8. The van der Waals surface area contributed by atoms with E-state index in [0.29, 0.717) is 11.5 Å². The van der Waals surface area contributed by atoms with Crippen LogP contribution in [0, 0.1) is 33.0 Å². The average Bonchev–Trinajstić information content (AvgIpc) is 2.83. The van der Waals surface area contributed by atoms with Crippen molar-refractivity contribution in [1.29, 1.82) is 0 Å². The molecule has 0 aromatic rings. The smallest absolute Gasteiger partial charge is 0.311 e. The van der Waals surface area contributed by atoms with E-state index in [1.165, 1.54) is 12.7 Å². The molecule has 0 heterocycles. The Hall–Kier alpha value is -2.10. The first-order chi connectivity index (χ1) is 16.3. The van der Waals surface area contributed by atoms with E-state index in [1.54, 1.807) is 6.08 Å². The molecule has 0 radical (unpaired) electrons. The molecule has 5 rings (SSSR count). The molecular weight excluding hydrogens is 436 g/mol. The quantitative estimate of drug-likeness (QED) is 0.427. The maximum Gasteiger partial charge on any atom is 0.311 e. The van der Waals surface area contributed by atoms with Gasteiger partial charge in [0.25, 0.3) is 0 Å². The Kier molecular flexibility index (Phi) is 5.24. The lowest BCUT2D eigenvalue weighted by molar-refractivity contribution is -0.186. The number of carbonyl (C=O) groups excluding carboxylic acids is 2. The zero-order valence-electron chi connectivity index (χ0n) is 22.6. The van der Waals surface area contributed by atoms with E-state index in [0.717, 1.165) is 62.5 Å². The summed E-state index contributed by atoms with van der Waals surface area (Å²) in [5.74, 6) is -0.00809. The molecule has 1 N–H and O–H groups in total. The first kappa shape index (κ1) is 24.6. The van der Waals surface area contributed by atoms with Crippen LogP contribution >= 0.6 is 0 Å². The molecule has 0 aromatic heterocycles. The van der Waals surface area contributed by atoms with Crippen molar-refractivity contribution < 1.29 is 19.4 Å². The average molecular weight is 479 g/mol. The molecule has 0 unspecified atom stereocenters. The number of ether oxygens (including phenoxy) is 1.